The van der Waals surface area contributed by atoms with Crippen LogP contribution < -0.4 is 24.8 Å². The summed E-state index contributed by atoms with van der Waals surface area (Å²) < 4.78 is 10.9. The second-order valence-electron chi connectivity index (χ2n) is 6.60. The van der Waals surface area contributed by atoms with E-state index in [0.29, 0.717) is 18.0 Å². The van der Waals surface area contributed by atoms with Crippen LogP contribution in [-0.4, -0.2) is 53.0 Å². The first-order chi connectivity index (χ1) is 12.7. The largest absolute Gasteiger partial charge is 0.454 e. The summed E-state index contributed by atoms with van der Waals surface area (Å²) in [7, 11) is 0. The Labute approximate surface area is 149 Å². The summed E-state index contributed by atoms with van der Waals surface area (Å²) in [6.07, 6.45) is 3.89. The molecule has 0 saturated carbocycles. The van der Waals surface area contributed by atoms with Gasteiger partial charge in [-0.25, -0.2) is 15.4 Å². The van der Waals surface area contributed by atoms with Gasteiger partial charge in [0, 0.05) is 43.3 Å². The number of fused-ring (bicyclic) bond motifs is 3. The molecule has 2 unspecified atom stereocenters. The van der Waals surface area contributed by atoms with Crippen molar-refractivity contribution in [2.24, 2.45) is 0 Å². The molecule has 2 fully saturated rings. The van der Waals surface area contributed by atoms with Crippen molar-refractivity contribution < 1.29 is 19.5 Å². The Balaban J connectivity index is 1.32. The molecule has 0 spiro atoms. The van der Waals surface area contributed by atoms with Crippen molar-refractivity contribution in [1.82, 2.24) is 15.4 Å². The predicted octanol–water partition coefficient (Wildman–Crippen LogP) is 0.792. The van der Waals surface area contributed by atoms with Gasteiger partial charge in [-0.1, -0.05) is 0 Å². The summed E-state index contributed by atoms with van der Waals surface area (Å²) in [5.41, 5.74) is 2.94. The summed E-state index contributed by atoms with van der Waals surface area (Å²) >= 11 is 0. The van der Waals surface area contributed by atoms with Crippen molar-refractivity contribution >= 4 is 17.5 Å². The summed E-state index contributed by atoms with van der Waals surface area (Å²) in [6.45, 7) is 1.98. The lowest BCUT2D eigenvalue weighted by Gasteiger charge is -2.35. The highest BCUT2D eigenvalue weighted by Gasteiger charge is 2.44. The van der Waals surface area contributed by atoms with E-state index in [9.17, 15) is 4.79 Å². The lowest BCUT2D eigenvalue weighted by atomic mass is 10.2. The number of hydrogen-bond acceptors (Lipinski definition) is 8. The minimum Gasteiger partial charge on any atom is -0.454 e. The van der Waals surface area contributed by atoms with Crippen molar-refractivity contribution in [1.29, 1.82) is 0 Å². The van der Waals surface area contributed by atoms with Crippen LogP contribution in [0.15, 0.2) is 30.6 Å². The number of aromatic nitrogens is 2. The van der Waals surface area contributed by atoms with Crippen LogP contribution in [0.5, 0.6) is 11.5 Å². The molecule has 1 amide bonds. The van der Waals surface area contributed by atoms with Gasteiger partial charge in [-0.3, -0.25) is 10.0 Å². The smallest absolute Gasteiger partial charge is 0.277 e. The molecule has 1 aromatic carbocycles. The first-order valence-electron chi connectivity index (χ1n) is 8.42. The fourth-order valence-electron chi connectivity index (χ4n) is 3.94. The third-order valence-corrected chi connectivity index (χ3v) is 5.19. The van der Waals surface area contributed by atoms with Crippen LogP contribution in [0.3, 0.4) is 0 Å². The average Bonchev–Trinajstić information content (AvgIpc) is 3.41. The van der Waals surface area contributed by atoms with E-state index in [-0.39, 0.29) is 12.4 Å². The van der Waals surface area contributed by atoms with Gasteiger partial charge < -0.3 is 19.3 Å². The summed E-state index contributed by atoms with van der Waals surface area (Å²) in [4.78, 5) is 24.5. The van der Waals surface area contributed by atoms with Gasteiger partial charge in [0.2, 0.25) is 12.7 Å². The molecule has 0 radical (unpaired) electrons. The number of hydrogen-bond donors (Lipinski definition) is 2. The van der Waals surface area contributed by atoms with E-state index in [1.165, 1.54) is 12.4 Å². The van der Waals surface area contributed by atoms with Gasteiger partial charge in [0.1, 0.15) is 0 Å². The average molecular weight is 355 g/mol. The highest BCUT2D eigenvalue weighted by Crippen LogP contribution is 2.40. The zero-order valence-electron chi connectivity index (χ0n) is 13.8. The third-order valence-electron chi connectivity index (χ3n) is 5.19. The lowest BCUT2D eigenvalue weighted by molar-refractivity contribution is 0.0705. The van der Waals surface area contributed by atoms with Gasteiger partial charge in [0.25, 0.3) is 5.91 Å². The maximum absolute atomic E-state index is 11.4. The van der Waals surface area contributed by atoms with Crippen LogP contribution in [0.25, 0.3) is 0 Å². The van der Waals surface area contributed by atoms with Crippen LogP contribution in [0.1, 0.15) is 16.8 Å². The van der Waals surface area contributed by atoms with Crippen molar-refractivity contribution in [3.8, 4) is 11.5 Å². The van der Waals surface area contributed by atoms with Crippen molar-refractivity contribution in [3.63, 3.8) is 0 Å². The molecule has 9 nitrogen and oxygen atoms in total. The molecule has 2 bridgehead atoms. The van der Waals surface area contributed by atoms with Gasteiger partial charge in [0.05, 0.1) is 11.6 Å². The number of hydroxylamine groups is 1. The molecule has 5 rings (SSSR count). The minimum absolute atomic E-state index is 0.225. The molecule has 3 aliphatic rings. The Hall–Kier alpha value is -3.07. The second-order valence-corrected chi connectivity index (χ2v) is 6.60. The second kappa shape index (κ2) is 5.73. The molecule has 2 aromatic rings. The number of piperazine rings is 1. The zero-order valence-corrected chi connectivity index (χ0v) is 13.8. The van der Waals surface area contributed by atoms with Gasteiger partial charge in [-0.15, -0.1) is 0 Å². The first kappa shape index (κ1) is 15.2. The predicted molar refractivity (Wildman–Crippen MR) is 90.7 cm³/mol. The molecule has 3 aliphatic heterocycles. The van der Waals surface area contributed by atoms with E-state index < -0.39 is 5.91 Å². The summed E-state index contributed by atoms with van der Waals surface area (Å²) in [6, 6.07) is 6.76. The standard InChI is InChI=1S/C17H17N5O4/c23-16(20-24)10-5-18-17(19-6-10)22-8-12-3-13(22)7-21(12)11-1-2-14-15(4-11)26-9-25-14/h1-2,4-6,12-13,24H,3,7-9H2,(H,20,23). The number of ether oxygens (including phenoxy) is 2. The molecule has 1 aromatic heterocycles. The minimum atomic E-state index is -0.617. The Morgan fingerprint density at radius 2 is 1.85 bits per heavy atom. The number of nitrogens with zero attached hydrogens (tertiary/aromatic N) is 4. The number of carbonyl (C=O) groups is 1. The number of rotatable bonds is 3. The molecule has 2 saturated heterocycles. The molecule has 9 heteroatoms. The molecule has 26 heavy (non-hydrogen) atoms. The Morgan fingerprint density at radius 3 is 2.58 bits per heavy atom. The van der Waals surface area contributed by atoms with Gasteiger partial charge in [0.15, 0.2) is 11.5 Å². The van der Waals surface area contributed by atoms with Gasteiger partial charge >= 0.3 is 0 Å². The van der Waals surface area contributed by atoms with E-state index >= 15 is 0 Å². The maximum atomic E-state index is 11.4. The van der Waals surface area contributed by atoms with E-state index in [0.717, 1.165) is 36.7 Å². The summed E-state index contributed by atoms with van der Waals surface area (Å²) in [5, 5.41) is 8.66. The van der Waals surface area contributed by atoms with Crippen LogP contribution in [-0.2, 0) is 0 Å². The number of anilines is 2. The topological polar surface area (TPSA) is 100 Å². The van der Waals surface area contributed by atoms with E-state index in [4.69, 9.17) is 14.7 Å². The number of benzene rings is 1. The van der Waals surface area contributed by atoms with Crippen LogP contribution in [0, 0.1) is 0 Å². The van der Waals surface area contributed by atoms with Crippen molar-refractivity contribution in [3.05, 3.63) is 36.2 Å². The number of nitrogens with one attached hydrogen (secondary N) is 1. The van der Waals surface area contributed by atoms with E-state index in [1.54, 1.807) is 5.48 Å². The number of amides is 1. The Kier molecular flexibility index (Phi) is 3.35. The normalized spacial score (nSPS) is 22.8. The highest BCUT2D eigenvalue weighted by atomic mass is 16.7. The van der Waals surface area contributed by atoms with Gasteiger partial charge in [-0.2, -0.15) is 0 Å². The quantitative estimate of drug-likeness (QED) is 0.616. The molecule has 2 atom stereocenters. The monoisotopic (exact) mass is 355 g/mol. The Bertz CT molecular complexity index is 859. The molecule has 0 aliphatic carbocycles. The lowest BCUT2D eigenvalue weighted by Crippen LogP contribution is -2.47. The first-order valence-corrected chi connectivity index (χ1v) is 8.42. The molecular formula is C17H17N5O4. The van der Waals surface area contributed by atoms with Gasteiger partial charge in [-0.05, 0) is 18.6 Å². The van der Waals surface area contributed by atoms with Crippen LogP contribution in [0.2, 0.25) is 0 Å². The highest BCUT2D eigenvalue weighted by molar-refractivity contribution is 5.92. The molecule has 134 valence electrons. The zero-order chi connectivity index (χ0) is 17.7. The maximum Gasteiger partial charge on any atom is 0.277 e. The van der Waals surface area contributed by atoms with Crippen molar-refractivity contribution in [2.75, 3.05) is 29.7 Å². The van der Waals surface area contributed by atoms with E-state index in [2.05, 4.69) is 25.8 Å². The van der Waals surface area contributed by atoms with Crippen LogP contribution in [0.4, 0.5) is 11.6 Å². The fraction of sp³-hybridized carbons (Fsp3) is 0.353. The number of carbonyl (C=O) groups excluding carboxylic acids is 1. The molecule has 4 heterocycles. The molecule has 2 N–H and O–H groups in total. The fourth-order valence-corrected chi connectivity index (χ4v) is 3.94. The van der Waals surface area contributed by atoms with Crippen molar-refractivity contribution in [2.45, 2.75) is 18.5 Å². The van der Waals surface area contributed by atoms with E-state index in [1.807, 2.05) is 12.1 Å². The van der Waals surface area contributed by atoms with Crippen LogP contribution >= 0.6 is 0 Å². The summed E-state index contributed by atoms with van der Waals surface area (Å²) in [5.74, 6) is 1.58. The molecular weight excluding hydrogens is 338 g/mol. The Morgan fingerprint density at radius 1 is 1.12 bits per heavy atom. The third kappa shape index (κ3) is 2.31. The SMILES string of the molecule is O=C(NO)c1cnc(N2CC3CC2CN3c2ccc3c(c2)OCO3)nc1.